The first-order chi connectivity index (χ1) is 6.88. The van der Waals surface area contributed by atoms with E-state index in [-0.39, 0.29) is 17.2 Å². The smallest absolute Gasteiger partial charge is 0.409 e. The Morgan fingerprint density at radius 1 is 1.33 bits per heavy atom. The lowest BCUT2D eigenvalue weighted by Gasteiger charge is -1.99. The molecule has 0 bridgehead atoms. The average Bonchev–Trinajstić information content (AvgIpc) is 2.14. The van der Waals surface area contributed by atoms with E-state index in [0.717, 1.165) is 6.08 Å². The number of aromatic carboxylic acids is 1. The van der Waals surface area contributed by atoms with Crippen molar-refractivity contribution >= 4 is 12.0 Å². The Morgan fingerprint density at radius 2 is 2.00 bits per heavy atom. The molecule has 0 atom stereocenters. The van der Waals surface area contributed by atoms with E-state index in [1.54, 1.807) is 0 Å². The molecule has 1 rings (SSSR count). The number of benzene rings is 1. The van der Waals surface area contributed by atoms with Crippen molar-refractivity contribution < 1.29 is 23.1 Å². The second kappa shape index (κ2) is 4.16. The Bertz CT molecular complexity index is 394. The van der Waals surface area contributed by atoms with Crippen molar-refractivity contribution in [1.29, 1.82) is 0 Å². The number of carbonyl (C=O) groups is 1. The lowest BCUT2D eigenvalue weighted by Crippen LogP contribution is -2.00. The monoisotopic (exact) mass is 216 g/mol. The van der Waals surface area contributed by atoms with E-state index in [2.05, 4.69) is 0 Å². The van der Waals surface area contributed by atoms with Crippen LogP contribution in [0.3, 0.4) is 0 Å². The number of alkyl halides is 3. The third kappa shape index (κ3) is 3.84. The number of rotatable bonds is 2. The van der Waals surface area contributed by atoms with E-state index in [4.69, 9.17) is 5.11 Å². The van der Waals surface area contributed by atoms with Gasteiger partial charge in [0.2, 0.25) is 0 Å². The van der Waals surface area contributed by atoms with Crippen LogP contribution < -0.4 is 0 Å². The summed E-state index contributed by atoms with van der Waals surface area (Å²) in [7, 11) is 0. The zero-order chi connectivity index (χ0) is 11.5. The third-order valence-corrected chi connectivity index (χ3v) is 1.60. The SMILES string of the molecule is O=C(O)c1cccc(C=CC(F)(F)F)c1. The molecule has 0 saturated carbocycles. The Labute approximate surface area is 83.7 Å². The maximum Gasteiger partial charge on any atom is 0.409 e. The van der Waals surface area contributed by atoms with E-state index < -0.39 is 12.1 Å². The van der Waals surface area contributed by atoms with Crippen LogP contribution in [-0.4, -0.2) is 17.3 Å². The maximum absolute atomic E-state index is 11.8. The summed E-state index contributed by atoms with van der Waals surface area (Å²) in [5.41, 5.74) is 0.159. The van der Waals surface area contributed by atoms with Gasteiger partial charge in [0.1, 0.15) is 0 Å². The van der Waals surface area contributed by atoms with Gasteiger partial charge in [0.25, 0.3) is 0 Å². The summed E-state index contributed by atoms with van der Waals surface area (Å²) < 4.78 is 35.4. The summed E-state index contributed by atoms with van der Waals surface area (Å²) in [6.07, 6.45) is -3.50. The van der Waals surface area contributed by atoms with E-state index in [9.17, 15) is 18.0 Å². The van der Waals surface area contributed by atoms with Crippen LogP contribution in [0.15, 0.2) is 30.3 Å². The van der Waals surface area contributed by atoms with Crippen LogP contribution in [0.1, 0.15) is 15.9 Å². The summed E-state index contributed by atoms with van der Waals surface area (Å²) in [5.74, 6) is -1.17. The highest BCUT2D eigenvalue weighted by Crippen LogP contribution is 2.18. The minimum absolute atomic E-state index is 0.0423. The molecule has 0 radical (unpaired) electrons. The highest BCUT2D eigenvalue weighted by Gasteiger charge is 2.21. The summed E-state index contributed by atoms with van der Waals surface area (Å²) in [6, 6.07) is 5.27. The van der Waals surface area contributed by atoms with Crippen molar-refractivity contribution in [3.05, 3.63) is 41.5 Å². The topological polar surface area (TPSA) is 37.3 Å². The maximum atomic E-state index is 11.8. The highest BCUT2D eigenvalue weighted by molar-refractivity contribution is 5.88. The van der Waals surface area contributed by atoms with Crippen LogP contribution in [-0.2, 0) is 0 Å². The van der Waals surface area contributed by atoms with Gasteiger partial charge in [-0.15, -0.1) is 0 Å². The predicted molar refractivity (Wildman–Crippen MR) is 48.5 cm³/mol. The Kier molecular flexibility index (Phi) is 3.14. The van der Waals surface area contributed by atoms with Crippen molar-refractivity contribution in [3.8, 4) is 0 Å². The molecule has 0 fully saturated rings. The van der Waals surface area contributed by atoms with Gasteiger partial charge in [-0.25, -0.2) is 4.79 Å². The molecule has 5 heteroatoms. The Hall–Kier alpha value is -1.78. The summed E-state index contributed by atoms with van der Waals surface area (Å²) in [6.45, 7) is 0. The molecular formula is C10H7F3O2. The van der Waals surface area contributed by atoms with Crippen molar-refractivity contribution in [1.82, 2.24) is 0 Å². The fourth-order valence-corrected chi connectivity index (χ4v) is 0.966. The molecule has 0 spiro atoms. The molecule has 0 aliphatic carbocycles. The first kappa shape index (κ1) is 11.3. The summed E-state index contributed by atoms with van der Waals surface area (Å²) in [4.78, 5) is 10.5. The van der Waals surface area contributed by atoms with Crippen LogP contribution >= 0.6 is 0 Å². The van der Waals surface area contributed by atoms with Gasteiger partial charge in [-0.2, -0.15) is 13.2 Å². The highest BCUT2D eigenvalue weighted by atomic mass is 19.4. The molecule has 1 N–H and O–H groups in total. The third-order valence-electron chi connectivity index (χ3n) is 1.60. The second-order valence-corrected chi connectivity index (χ2v) is 2.81. The molecule has 0 aromatic heterocycles. The Balaban J connectivity index is 2.92. The van der Waals surface area contributed by atoms with Gasteiger partial charge < -0.3 is 5.11 Å². The number of hydrogen-bond acceptors (Lipinski definition) is 1. The second-order valence-electron chi connectivity index (χ2n) is 2.81. The van der Waals surface area contributed by atoms with Gasteiger partial charge in [0.15, 0.2) is 0 Å². The predicted octanol–water partition coefficient (Wildman–Crippen LogP) is 2.96. The van der Waals surface area contributed by atoms with Crippen molar-refractivity contribution in [2.45, 2.75) is 6.18 Å². The van der Waals surface area contributed by atoms with Crippen LogP contribution in [0, 0.1) is 0 Å². The first-order valence-corrected chi connectivity index (χ1v) is 3.98. The molecule has 1 aromatic rings. The first-order valence-electron chi connectivity index (χ1n) is 3.98. The summed E-state index contributed by atoms with van der Waals surface area (Å²) in [5, 5.41) is 8.59. The molecule has 0 unspecified atom stereocenters. The average molecular weight is 216 g/mol. The molecule has 0 amide bonds. The molecule has 0 heterocycles. The van der Waals surface area contributed by atoms with Gasteiger partial charge in [0.05, 0.1) is 5.56 Å². The van der Waals surface area contributed by atoms with Gasteiger partial charge in [-0.05, 0) is 17.7 Å². The number of carboxylic acids is 1. The number of halogens is 3. The van der Waals surface area contributed by atoms with E-state index in [1.807, 2.05) is 0 Å². The largest absolute Gasteiger partial charge is 0.478 e. The number of allylic oxidation sites excluding steroid dienone is 1. The molecular weight excluding hydrogens is 209 g/mol. The number of carboxylic acid groups (broad SMARTS) is 1. The fourth-order valence-electron chi connectivity index (χ4n) is 0.966. The molecule has 2 nitrogen and oxygen atoms in total. The summed E-state index contributed by atoms with van der Waals surface area (Å²) >= 11 is 0. The molecule has 0 aliphatic rings. The lowest BCUT2D eigenvalue weighted by atomic mass is 10.1. The minimum atomic E-state index is -4.39. The molecule has 80 valence electrons. The van der Waals surface area contributed by atoms with Gasteiger partial charge >= 0.3 is 12.1 Å². The standard InChI is InChI=1S/C10H7F3O2/c11-10(12,13)5-4-7-2-1-3-8(6-7)9(14)15/h1-6H,(H,14,15). The van der Waals surface area contributed by atoms with E-state index in [0.29, 0.717) is 0 Å². The van der Waals surface area contributed by atoms with Gasteiger partial charge in [-0.1, -0.05) is 18.2 Å². The molecule has 0 saturated heterocycles. The van der Waals surface area contributed by atoms with Crippen LogP contribution in [0.25, 0.3) is 6.08 Å². The van der Waals surface area contributed by atoms with Crippen molar-refractivity contribution in [2.24, 2.45) is 0 Å². The van der Waals surface area contributed by atoms with Crippen LogP contribution in [0.4, 0.5) is 13.2 Å². The molecule has 1 aromatic carbocycles. The zero-order valence-corrected chi connectivity index (χ0v) is 7.45. The molecule has 15 heavy (non-hydrogen) atoms. The Morgan fingerprint density at radius 3 is 2.53 bits per heavy atom. The van der Waals surface area contributed by atoms with Crippen molar-refractivity contribution in [3.63, 3.8) is 0 Å². The quantitative estimate of drug-likeness (QED) is 0.825. The normalized spacial score (nSPS) is 11.9. The van der Waals surface area contributed by atoms with E-state index >= 15 is 0 Å². The van der Waals surface area contributed by atoms with Crippen LogP contribution in [0.2, 0.25) is 0 Å². The fraction of sp³-hybridized carbons (Fsp3) is 0.100. The minimum Gasteiger partial charge on any atom is -0.478 e. The number of hydrogen-bond donors (Lipinski definition) is 1. The molecule has 0 aliphatic heterocycles. The van der Waals surface area contributed by atoms with E-state index in [1.165, 1.54) is 24.3 Å². The van der Waals surface area contributed by atoms with Gasteiger partial charge in [0, 0.05) is 6.08 Å². The lowest BCUT2D eigenvalue weighted by molar-refractivity contribution is -0.0790. The van der Waals surface area contributed by atoms with Crippen molar-refractivity contribution in [2.75, 3.05) is 0 Å². The van der Waals surface area contributed by atoms with Crippen LogP contribution in [0.5, 0.6) is 0 Å². The van der Waals surface area contributed by atoms with Gasteiger partial charge in [-0.3, -0.25) is 0 Å². The zero-order valence-electron chi connectivity index (χ0n) is 7.45.